The number of hydrogen-bond donors (Lipinski definition) is 1. The van der Waals surface area contributed by atoms with E-state index < -0.39 is 35.4 Å². The minimum absolute atomic E-state index is 0.113. The van der Waals surface area contributed by atoms with Crippen LogP contribution < -0.4 is 19.7 Å². The maximum atomic E-state index is 13.3. The van der Waals surface area contributed by atoms with Gasteiger partial charge in [0.15, 0.2) is 6.61 Å². The van der Waals surface area contributed by atoms with Gasteiger partial charge in [-0.1, -0.05) is 18.2 Å². The highest BCUT2D eigenvalue weighted by Crippen LogP contribution is 2.38. The molecular formula is C33H46N4O10. The first kappa shape index (κ1) is 35.6. The van der Waals surface area contributed by atoms with Crippen molar-refractivity contribution < 1.29 is 43.2 Å². The average Bonchev–Trinajstić information content (AvgIpc) is 3.04. The van der Waals surface area contributed by atoms with Gasteiger partial charge in [0.1, 0.15) is 23.7 Å². The summed E-state index contributed by atoms with van der Waals surface area (Å²) in [5.41, 5.74) is 2.15. The number of amides is 2. The van der Waals surface area contributed by atoms with Crippen LogP contribution >= 0.6 is 0 Å². The average molecular weight is 659 g/mol. The van der Waals surface area contributed by atoms with E-state index in [4.69, 9.17) is 23.7 Å². The van der Waals surface area contributed by atoms with Crippen LogP contribution in [0.3, 0.4) is 0 Å². The van der Waals surface area contributed by atoms with Crippen LogP contribution in [0.2, 0.25) is 0 Å². The maximum Gasteiger partial charge on any atom is 0.410 e. The van der Waals surface area contributed by atoms with Gasteiger partial charge in [0.25, 0.3) is 5.09 Å². The van der Waals surface area contributed by atoms with Crippen molar-refractivity contribution in [2.24, 2.45) is 5.92 Å². The standard InChI is InChI=1S/C33H46N4O10/c1-33(2,3)47-32(39)36-19-25(18-34-30(38)22-46-37(40)41)31(24-8-10-26(43-5)11-9-24)29(20-36)45-21-23-7-12-28-27(17-23)35(14-16-44-28)13-6-15-42-4/h7-12,17,25,29,31H,6,13-16,18-22H2,1-5H3,(H,34,38)/t25-,29+,31+/m1/s1. The minimum Gasteiger partial charge on any atom is -0.497 e. The molecule has 47 heavy (non-hydrogen) atoms. The third-order valence-corrected chi connectivity index (χ3v) is 8.00. The van der Waals surface area contributed by atoms with Gasteiger partial charge in [-0.15, -0.1) is 10.1 Å². The Kier molecular flexibility index (Phi) is 12.5. The molecule has 14 nitrogen and oxygen atoms in total. The fourth-order valence-electron chi connectivity index (χ4n) is 5.89. The number of piperidine rings is 1. The molecule has 0 aromatic heterocycles. The Labute approximate surface area is 275 Å². The minimum atomic E-state index is -1.01. The van der Waals surface area contributed by atoms with E-state index in [9.17, 15) is 19.7 Å². The SMILES string of the molecule is COCCCN1CCOc2ccc(CO[C@H]3CN(C(=O)OC(C)(C)C)C[C@@H](CNC(=O)CO[N+](=O)[O-])[C@@H]3c3ccc(OC)cc3)cc21. The van der Waals surface area contributed by atoms with E-state index in [-0.39, 0.29) is 38.1 Å². The van der Waals surface area contributed by atoms with E-state index >= 15 is 0 Å². The van der Waals surface area contributed by atoms with Crippen molar-refractivity contribution in [3.8, 4) is 11.5 Å². The molecule has 1 N–H and O–H groups in total. The lowest BCUT2D eigenvalue weighted by atomic mass is 9.78. The first-order chi connectivity index (χ1) is 22.5. The Morgan fingerprint density at radius 1 is 1.11 bits per heavy atom. The summed E-state index contributed by atoms with van der Waals surface area (Å²) in [6, 6.07) is 13.6. The molecule has 2 amide bonds. The predicted molar refractivity (Wildman–Crippen MR) is 172 cm³/mol. The van der Waals surface area contributed by atoms with E-state index in [1.165, 1.54) is 0 Å². The van der Waals surface area contributed by atoms with Gasteiger partial charge in [-0.05, 0) is 62.6 Å². The number of carbonyl (C=O) groups excluding carboxylic acids is 2. The molecule has 1 fully saturated rings. The lowest BCUT2D eigenvalue weighted by molar-refractivity contribution is -0.754. The number of fused-ring (bicyclic) bond motifs is 1. The van der Waals surface area contributed by atoms with Crippen molar-refractivity contribution in [2.75, 3.05) is 71.7 Å². The Bertz CT molecular complexity index is 1350. The van der Waals surface area contributed by atoms with Gasteiger partial charge < -0.3 is 43.6 Å². The van der Waals surface area contributed by atoms with Crippen molar-refractivity contribution >= 4 is 17.7 Å². The number of hydrogen-bond acceptors (Lipinski definition) is 11. The number of rotatable bonds is 14. The number of anilines is 1. The van der Waals surface area contributed by atoms with Gasteiger partial charge in [0, 0.05) is 45.2 Å². The van der Waals surface area contributed by atoms with Crippen LogP contribution in [0.4, 0.5) is 10.5 Å². The Hall–Kier alpha value is -4.30. The topological polar surface area (TPSA) is 151 Å². The highest BCUT2D eigenvalue weighted by molar-refractivity contribution is 5.77. The van der Waals surface area contributed by atoms with Crippen LogP contribution in [0.15, 0.2) is 42.5 Å². The van der Waals surface area contributed by atoms with Crippen LogP contribution in [-0.4, -0.2) is 100 Å². The smallest absolute Gasteiger partial charge is 0.410 e. The predicted octanol–water partition coefficient (Wildman–Crippen LogP) is 3.79. The number of carbonyl (C=O) groups is 2. The van der Waals surface area contributed by atoms with Gasteiger partial charge in [-0.2, -0.15) is 0 Å². The van der Waals surface area contributed by atoms with Crippen LogP contribution in [0, 0.1) is 16.0 Å². The molecule has 2 aromatic rings. The fraction of sp³-hybridized carbons (Fsp3) is 0.576. The van der Waals surface area contributed by atoms with Gasteiger partial charge in [-0.3, -0.25) is 4.79 Å². The molecule has 2 aliphatic rings. The molecule has 0 saturated carbocycles. The summed E-state index contributed by atoms with van der Waals surface area (Å²) in [5, 5.41) is 12.3. The van der Waals surface area contributed by atoms with Crippen molar-refractivity contribution in [3.05, 3.63) is 63.7 Å². The van der Waals surface area contributed by atoms with Gasteiger partial charge >= 0.3 is 6.09 Å². The number of methoxy groups -OCH3 is 2. The second kappa shape index (κ2) is 16.5. The van der Waals surface area contributed by atoms with Crippen molar-refractivity contribution in [1.29, 1.82) is 0 Å². The summed E-state index contributed by atoms with van der Waals surface area (Å²) in [6.07, 6.45) is -0.101. The van der Waals surface area contributed by atoms with Gasteiger partial charge in [0.2, 0.25) is 5.91 Å². The van der Waals surface area contributed by atoms with Crippen LogP contribution in [0.25, 0.3) is 0 Å². The summed E-state index contributed by atoms with van der Waals surface area (Å²) < 4.78 is 28.9. The summed E-state index contributed by atoms with van der Waals surface area (Å²) >= 11 is 0. The van der Waals surface area contributed by atoms with E-state index in [2.05, 4.69) is 21.1 Å². The molecule has 2 aromatic carbocycles. The van der Waals surface area contributed by atoms with Crippen LogP contribution in [0.5, 0.6) is 11.5 Å². The molecule has 0 aliphatic carbocycles. The van der Waals surface area contributed by atoms with Crippen LogP contribution in [-0.2, 0) is 30.4 Å². The second-order valence-corrected chi connectivity index (χ2v) is 12.6. The molecule has 14 heteroatoms. The zero-order valence-electron chi connectivity index (χ0n) is 27.8. The zero-order valence-corrected chi connectivity index (χ0v) is 27.8. The third-order valence-electron chi connectivity index (χ3n) is 8.00. The van der Waals surface area contributed by atoms with Crippen molar-refractivity contribution in [2.45, 2.75) is 51.4 Å². The lowest BCUT2D eigenvalue weighted by Gasteiger charge is -2.44. The fourth-order valence-corrected chi connectivity index (χ4v) is 5.89. The lowest BCUT2D eigenvalue weighted by Crippen LogP contribution is -2.54. The molecule has 0 radical (unpaired) electrons. The summed E-state index contributed by atoms with van der Waals surface area (Å²) in [7, 11) is 3.29. The monoisotopic (exact) mass is 658 g/mol. The van der Waals surface area contributed by atoms with E-state index in [0.29, 0.717) is 19.0 Å². The number of benzene rings is 2. The molecule has 1 saturated heterocycles. The molecule has 258 valence electrons. The number of nitrogens with zero attached hydrogens (tertiary/aromatic N) is 3. The van der Waals surface area contributed by atoms with E-state index in [1.54, 1.807) is 39.9 Å². The maximum absolute atomic E-state index is 13.3. The number of likely N-dealkylation sites (tertiary alicyclic amines) is 1. The molecule has 0 unspecified atom stereocenters. The second-order valence-electron chi connectivity index (χ2n) is 12.6. The molecule has 3 atom stereocenters. The van der Waals surface area contributed by atoms with E-state index in [0.717, 1.165) is 42.1 Å². The number of nitrogens with one attached hydrogen (secondary N) is 1. The normalized spacial score (nSPS) is 19.3. The van der Waals surface area contributed by atoms with Crippen LogP contribution in [0.1, 0.15) is 44.2 Å². The number of ether oxygens (including phenoxy) is 5. The molecule has 2 aliphatic heterocycles. The largest absolute Gasteiger partial charge is 0.497 e. The summed E-state index contributed by atoms with van der Waals surface area (Å²) in [5.74, 6) is 0.267. The Morgan fingerprint density at radius 2 is 1.87 bits per heavy atom. The summed E-state index contributed by atoms with van der Waals surface area (Å²) in [6.45, 7) is 8.43. The van der Waals surface area contributed by atoms with Crippen molar-refractivity contribution in [1.82, 2.24) is 10.2 Å². The Balaban J connectivity index is 1.61. The highest BCUT2D eigenvalue weighted by atomic mass is 16.9. The molecular weight excluding hydrogens is 612 g/mol. The highest BCUT2D eigenvalue weighted by Gasteiger charge is 2.41. The zero-order chi connectivity index (χ0) is 34.0. The quantitative estimate of drug-likeness (QED) is 0.179. The van der Waals surface area contributed by atoms with Gasteiger partial charge in [0.05, 0.1) is 38.6 Å². The third kappa shape index (κ3) is 10.3. The first-order valence-corrected chi connectivity index (χ1v) is 15.7. The Morgan fingerprint density at radius 3 is 2.55 bits per heavy atom. The molecule has 2 heterocycles. The van der Waals surface area contributed by atoms with Crippen molar-refractivity contribution in [3.63, 3.8) is 0 Å². The first-order valence-electron chi connectivity index (χ1n) is 15.7. The van der Waals surface area contributed by atoms with Gasteiger partial charge in [-0.25, -0.2) is 4.79 Å². The molecule has 0 bridgehead atoms. The molecule has 4 rings (SSSR count). The summed E-state index contributed by atoms with van der Waals surface area (Å²) in [4.78, 5) is 44.5. The van der Waals surface area contributed by atoms with E-state index in [1.807, 2.05) is 36.4 Å². The molecule has 0 spiro atoms.